The van der Waals surface area contributed by atoms with Crippen LogP contribution in [0.15, 0.2) is 65.1 Å². The highest BCUT2D eigenvalue weighted by Gasteiger charge is 2.45. The van der Waals surface area contributed by atoms with E-state index in [1.807, 2.05) is 13.8 Å². The summed E-state index contributed by atoms with van der Waals surface area (Å²) in [5.74, 6) is -1.03. The zero-order chi connectivity index (χ0) is 25.0. The summed E-state index contributed by atoms with van der Waals surface area (Å²) in [5.41, 5.74) is 6.70. The number of rotatable bonds is 2. The molecule has 4 rings (SSSR count). The van der Waals surface area contributed by atoms with Crippen LogP contribution in [0.1, 0.15) is 43.7 Å². The molecule has 9 heteroatoms. The molecule has 2 aromatic carbocycles. The molecule has 0 amide bonds. The monoisotopic (exact) mass is 505 g/mol. The summed E-state index contributed by atoms with van der Waals surface area (Å²) < 4.78 is 40.3. The minimum Gasteiger partial charge on any atom is -0.384 e. The van der Waals surface area contributed by atoms with Gasteiger partial charge in [0.25, 0.3) is 0 Å². The van der Waals surface area contributed by atoms with E-state index in [1.165, 1.54) is 17.0 Å². The zero-order valence-corrected chi connectivity index (χ0v) is 19.8. The molecule has 1 atom stereocenters. The quantitative estimate of drug-likeness (QED) is 0.479. The zero-order valence-electron chi connectivity index (χ0n) is 18.3. The van der Waals surface area contributed by atoms with Crippen molar-refractivity contribution in [3.8, 4) is 6.07 Å². The maximum Gasteiger partial charge on any atom is 0.416 e. The van der Waals surface area contributed by atoms with Crippen LogP contribution < -0.4 is 10.6 Å². The van der Waals surface area contributed by atoms with Crippen molar-refractivity contribution in [2.24, 2.45) is 11.1 Å². The van der Waals surface area contributed by atoms with Crippen LogP contribution in [0.3, 0.4) is 0 Å². The van der Waals surface area contributed by atoms with Crippen molar-refractivity contribution in [3.05, 3.63) is 86.3 Å². The number of hydrogen-bond donors (Lipinski definition) is 1. The fourth-order valence-corrected chi connectivity index (χ4v) is 4.96. The van der Waals surface area contributed by atoms with Crippen molar-refractivity contribution < 1.29 is 18.0 Å². The van der Waals surface area contributed by atoms with Gasteiger partial charge in [-0.1, -0.05) is 49.2 Å². The molecule has 2 aliphatic rings. The van der Waals surface area contributed by atoms with Crippen molar-refractivity contribution in [1.29, 1.82) is 5.26 Å². The maximum absolute atomic E-state index is 13.5. The Kier molecular flexibility index (Phi) is 5.95. The minimum atomic E-state index is -4.57. The standard InChI is InChI=1S/C25H20Cl2F3N3O/c1-24(2)10-19-22(20(34)11-24)21(13-6-7-17(26)18(27)8-13)16(12-31)23(32)33(19)15-5-3-4-14(9-15)25(28,29)30/h3-9,21H,10-11,32H2,1-2H3. The predicted molar refractivity (Wildman–Crippen MR) is 125 cm³/mol. The number of hydrogen-bond acceptors (Lipinski definition) is 4. The maximum atomic E-state index is 13.5. The number of carbonyl (C=O) groups is 1. The Labute approximate surface area is 205 Å². The molecule has 0 saturated heterocycles. The molecule has 1 heterocycles. The first-order chi connectivity index (χ1) is 15.8. The van der Waals surface area contributed by atoms with Gasteiger partial charge in [0.2, 0.25) is 0 Å². The molecule has 1 unspecified atom stereocenters. The first-order valence-electron chi connectivity index (χ1n) is 10.4. The summed E-state index contributed by atoms with van der Waals surface area (Å²) in [5, 5.41) is 10.6. The molecule has 1 aliphatic heterocycles. The Balaban J connectivity index is 2.00. The molecule has 0 aromatic heterocycles. The van der Waals surface area contributed by atoms with E-state index < -0.39 is 23.1 Å². The lowest BCUT2D eigenvalue weighted by atomic mass is 9.68. The molecule has 0 saturated carbocycles. The van der Waals surface area contributed by atoms with E-state index in [0.29, 0.717) is 28.3 Å². The average Bonchev–Trinajstić information content (AvgIpc) is 2.73. The molecule has 2 N–H and O–H groups in total. The average molecular weight is 506 g/mol. The van der Waals surface area contributed by atoms with E-state index in [2.05, 4.69) is 6.07 Å². The van der Waals surface area contributed by atoms with E-state index in [-0.39, 0.29) is 34.3 Å². The number of nitrogens with zero attached hydrogens (tertiary/aromatic N) is 2. The number of ketones is 1. The molecule has 34 heavy (non-hydrogen) atoms. The summed E-state index contributed by atoms with van der Waals surface area (Å²) in [7, 11) is 0. The summed E-state index contributed by atoms with van der Waals surface area (Å²) in [6.45, 7) is 3.82. The van der Waals surface area contributed by atoms with Gasteiger partial charge in [-0.2, -0.15) is 18.4 Å². The van der Waals surface area contributed by atoms with E-state index in [9.17, 15) is 23.2 Å². The van der Waals surface area contributed by atoms with Gasteiger partial charge in [-0.05, 0) is 47.7 Å². The van der Waals surface area contributed by atoms with E-state index in [0.717, 1.165) is 12.1 Å². The minimum absolute atomic E-state index is 0.0258. The van der Waals surface area contributed by atoms with Crippen LogP contribution in [0.4, 0.5) is 18.9 Å². The number of Topliss-reactive ketones (excluding diaryl/α,β-unsaturated/α-hetero) is 1. The van der Waals surface area contributed by atoms with Gasteiger partial charge in [-0.25, -0.2) is 0 Å². The third-order valence-electron chi connectivity index (χ3n) is 6.09. The summed E-state index contributed by atoms with van der Waals surface area (Å²) >= 11 is 12.3. The van der Waals surface area contributed by atoms with Crippen LogP contribution in [-0.4, -0.2) is 5.78 Å². The second kappa shape index (κ2) is 8.37. The first-order valence-corrected chi connectivity index (χ1v) is 11.2. The van der Waals surface area contributed by atoms with Crippen molar-refractivity contribution in [1.82, 2.24) is 0 Å². The topological polar surface area (TPSA) is 70.1 Å². The van der Waals surface area contributed by atoms with Crippen LogP contribution in [0.2, 0.25) is 10.0 Å². The summed E-state index contributed by atoms with van der Waals surface area (Å²) in [4.78, 5) is 14.9. The second-order valence-corrected chi connectivity index (χ2v) is 10.0. The number of benzene rings is 2. The predicted octanol–water partition coefficient (Wildman–Crippen LogP) is 6.95. The van der Waals surface area contributed by atoms with Crippen LogP contribution in [-0.2, 0) is 11.0 Å². The first kappa shape index (κ1) is 24.2. The van der Waals surface area contributed by atoms with Crippen molar-refractivity contribution in [2.75, 3.05) is 4.90 Å². The van der Waals surface area contributed by atoms with Crippen molar-refractivity contribution in [3.63, 3.8) is 0 Å². The lowest BCUT2D eigenvalue weighted by Gasteiger charge is -2.44. The lowest BCUT2D eigenvalue weighted by molar-refractivity contribution is -0.137. The van der Waals surface area contributed by atoms with Crippen molar-refractivity contribution in [2.45, 2.75) is 38.8 Å². The number of halogens is 5. The smallest absolute Gasteiger partial charge is 0.384 e. The molecular weight excluding hydrogens is 486 g/mol. The van der Waals surface area contributed by atoms with E-state index in [4.69, 9.17) is 28.9 Å². The fraction of sp³-hybridized carbons (Fsp3) is 0.280. The lowest BCUT2D eigenvalue weighted by Crippen LogP contribution is -2.42. The van der Waals surface area contributed by atoms with Crippen LogP contribution in [0.5, 0.6) is 0 Å². The summed E-state index contributed by atoms with van der Waals surface area (Å²) in [6.07, 6.45) is -3.97. The highest BCUT2D eigenvalue weighted by Crippen LogP contribution is 2.51. The van der Waals surface area contributed by atoms with Gasteiger partial charge in [0.15, 0.2) is 5.78 Å². The molecule has 0 spiro atoms. The van der Waals surface area contributed by atoms with Gasteiger partial charge in [0, 0.05) is 23.4 Å². The van der Waals surface area contributed by atoms with Gasteiger partial charge in [-0.15, -0.1) is 0 Å². The van der Waals surface area contributed by atoms with Crippen LogP contribution in [0.25, 0.3) is 0 Å². The number of anilines is 1. The Hall–Kier alpha value is -2.95. The Bertz CT molecular complexity index is 1310. The van der Waals surface area contributed by atoms with E-state index in [1.54, 1.807) is 18.2 Å². The van der Waals surface area contributed by atoms with Gasteiger partial charge in [0.05, 0.1) is 33.2 Å². The second-order valence-electron chi connectivity index (χ2n) is 9.20. The molecule has 0 bridgehead atoms. The highest BCUT2D eigenvalue weighted by atomic mass is 35.5. The molecule has 0 radical (unpaired) electrons. The fourth-order valence-electron chi connectivity index (χ4n) is 4.65. The van der Waals surface area contributed by atoms with Crippen molar-refractivity contribution >= 4 is 34.7 Å². The Morgan fingerprint density at radius 2 is 1.82 bits per heavy atom. The molecule has 4 nitrogen and oxygen atoms in total. The normalized spacial score (nSPS) is 20.4. The highest BCUT2D eigenvalue weighted by molar-refractivity contribution is 6.42. The third-order valence-corrected chi connectivity index (χ3v) is 6.83. The van der Waals surface area contributed by atoms with Crippen LogP contribution in [0, 0.1) is 16.7 Å². The Morgan fingerprint density at radius 1 is 1.12 bits per heavy atom. The van der Waals surface area contributed by atoms with Gasteiger partial charge >= 0.3 is 6.18 Å². The SMILES string of the molecule is CC1(C)CC(=O)C2=C(C1)N(c1cccc(C(F)(F)F)c1)C(N)=C(C#N)C2c1ccc(Cl)c(Cl)c1. The number of nitrogens with two attached hydrogens (primary N) is 1. The summed E-state index contributed by atoms with van der Waals surface area (Å²) in [6, 6.07) is 11.6. The third kappa shape index (κ3) is 4.17. The number of alkyl halides is 3. The number of nitriles is 1. The number of allylic oxidation sites excluding steroid dienone is 3. The Morgan fingerprint density at radius 3 is 2.44 bits per heavy atom. The molecular formula is C25H20Cl2F3N3O. The molecule has 176 valence electrons. The number of carbonyl (C=O) groups excluding carboxylic acids is 1. The molecule has 0 fully saturated rings. The largest absolute Gasteiger partial charge is 0.416 e. The van der Waals surface area contributed by atoms with Crippen LogP contribution >= 0.6 is 23.2 Å². The van der Waals surface area contributed by atoms with Gasteiger partial charge < -0.3 is 5.73 Å². The van der Waals surface area contributed by atoms with Gasteiger partial charge in [0.1, 0.15) is 5.82 Å². The van der Waals surface area contributed by atoms with Gasteiger partial charge in [-0.3, -0.25) is 9.69 Å². The molecule has 1 aliphatic carbocycles. The van der Waals surface area contributed by atoms with E-state index >= 15 is 0 Å². The molecule has 2 aromatic rings.